The SMILES string of the molecule is CCCCCCCCC/C=C\CCCCCCCCCC(=O)OCCCCCCCC/C=C\CCCCCC(=O)NC(CO)C(O)/C=C/CCCCCCCCCCC. The Morgan fingerprint density at radius 1 is 0.458 bits per heavy atom. The van der Waals surface area contributed by atoms with E-state index in [2.05, 4.69) is 43.5 Å². The van der Waals surface area contributed by atoms with E-state index in [-0.39, 0.29) is 18.5 Å². The predicted octanol–water partition coefficient (Wildman–Crippen LogP) is 15.3. The number of aliphatic hydroxyl groups excluding tert-OH is 2. The standard InChI is InChI=1S/C53H99NO5/c1-3-5-7-9-11-13-15-16-17-18-19-20-23-27-31-35-39-43-47-53(58)59-48-44-40-36-32-28-24-21-22-26-30-34-38-42-46-52(57)54-50(49-55)51(56)45-41-37-33-29-25-14-12-10-8-6-4-2/h17-18,22,26,41,45,50-51,55-56H,3-16,19-21,23-25,27-40,42-44,46-49H2,1-2H3,(H,54,57)/b18-17-,26-22-,45-41+. The van der Waals surface area contributed by atoms with Gasteiger partial charge in [0.15, 0.2) is 0 Å². The van der Waals surface area contributed by atoms with Crippen LogP contribution < -0.4 is 5.32 Å². The van der Waals surface area contributed by atoms with Crippen molar-refractivity contribution in [3.63, 3.8) is 0 Å². The fraction of sp³-hybridized carbons (Fsp3) is 0.849. The molecule has 0 heterocycles. The monoisotopic (exact) mass is 830 g/mol. The molecule has 0 radical (unpaired) electrons. The van der Waals surface area contributed by atoms with E-state index >= 15 is 0 Å². The second-order valence-electron chi connectivity index (χ2n) is 17.5. The Kier molecular flexibility index (Phi) is 47.2. The molecule has 0 bridgehead atoms. The van der Waals surface area contributed by atoms with Crippen LogP contribution in [0.15, 0.2) is 36.5 Å². The smallest absolute Gasteiger partial charge is 0.305 e. The summed E-state index contributed by atoms with van der Waals surface area (Å²) >= 11 is 0. The highest BCUT2D eigenvalue weighted by Crippen LogP contribution is 2.14. The number of carbonyl (C=O) groups excluding carboxylic acids is 2. The average Bonchev–Trinajstić information content (AvgIpc) is 3.24. The normalized spacial score (nSPS) is 12.9. The quantitative estimate of drug-likeness (QED) is 0.0323. The molecule has 0 saturated heterocycles. The third kappa shape index (κ3) is 45.4. The Morgan fingerprint density at radius 3 is 1.22 bits per heavy atom. The van der Waals surface area contributed by atoms with Crippen LogP contribution in [0.3, 0.4) is 0 Å². The lowest BCUT2D eigenvalue weighted by Crippen LogP contribution is -2.45. The molecule has 2 atom stereocenters. The molecule has 59 heavy (non-hydrogen) atoms. The van der Waals surface area contributed by atoms with Gasteiger partial charge in [-0.05, 0) is 83.5 Å². The van der Waals surface area contributed by atoms with Crippen molar-refractivity contribution < 1.29 is 24.5 Å². The van der Waals surface area contributed by atoms with E-state index in [1.54, 1.807) is 6.08 Å². The molecule has 3 N–H and O–H groups in total. The van der Waals surface area contributed by atoms with E-state index in [9.17, 15) is 19.8 Å². The van der Waals surface area contributed by atoms with Gasteiger partial charge < -0.3 is 20.3 Å². The fourth-order valence-electron chi connectivity index (χ4n) is 7.62. The van der Waals surface area contributed by atoms with E-state index in [4.69, 9.17) is 4.74 Å². The first-order valence-corrected chi connectivity index (χ1v) is 25.8. The number of ether oxygens (including phenoxy) is 1. The number of nitrogens with one attached hydrogen (secondary N) is 1. The van der Waals surface area contributed by atoms with Gasteiger partial charge in [-0.25, -0.2) is 0 Å². The molecule has 0 aromatic rings. The molecular weight excluding hydrogens is 731 g/mol. The van der Waals surface area contributed by atoms with Gasteiger partial charge in [0.2, 0.25) is 5.91 Å². The Balaban J connectivity index is 3.50. The summed E-state index contributed by atoms with van der Waals surface area (Å²) in [6.45, 7) is 4.83. The van der Waals surface area contributed by atoms with Crippen molar-refractivity contribution >= 4 is 11.9 Å². The number of amides is 1. The van der Waals surface area contributed by atoms with Gasteiger partial charge in [-0.3, -0.25) is 9.59 Å². The molecule has 346 valence electrons. The minimum absolute atomic E-state index is 0.0178. The van der Waals surface area contributed by atoms with E-state index in [0.29, 0.717) is 19.4 Å². The minimum Gasteiger partial charge on any atom is -0.466 e. The first kappa shape index (κ1) is 57.1. The van der Waals surface area contributed by atoms with E-state index in [1.165, 1.54) is 167 Å². The lowest BCUT2D eigenvalue weighted by atomic mass is 10.1. The zero-order valence-corrected chi connectivity index (χ0v) is 39.2. The third-order valence-corrected chi connectivity index (χ3v) is 11.6. The second-order valence-corrected chi connectivity index (χ2v) is 17.5. The Hall–Kier alpha value is -1.92. The molecule has 2 unspecified atom stereocenters. The number of hydrogen-bond donors (Lipinski definition) is 3. The molecule has 6 heteroatoms. The topological polar surface area (TPSA) is 95.9 Å². The van der Waals surface area contributed by atoms with Crippen LogP contribution in [0.4, 0.5) is 0 Å². The number of esters is 1. The summed E-state index contributed by atoms with van der Waals surface area (Å²) < 4.78 is 5.46. The molecule has 0 fully saturated rings. The summed E-state index contributed by atoms with van der Waals surface area (Å²) in [5, 5.41) is 22.9. The van der Waals surface area contributed by atoms with Gasteiger partial charge in [-0.1, -0.05) is 204 Å². The van der Waals surface area contributed by atoms with Crippen LogP contribution in [0.1, 0.15) is 264 Å². The number of unbranched alkanes of at least 4 members (excludes halogenated alkanes) is 32. The van der Waals surface area contributed by atoms with Crippen molar-refractivity contribution in [1.82, 2.24) is 5.32 Å². The Labute approximate surface area is 366 Å². The van der Waals surface area contributed by atoms with Gasteiger partial charge in [0, 0.05) is 12.8 Å². The maximum absolute atomic E-state index is 12.4. The zero-order valence-electron chi connectivity index (χ0n) is 39.2. The van der Waals surface area contributed by atoms with Crippen molar-refractivity contribution in [3.05, 3.63) is 36.5 Å². The molecule has 6 nitrogen and oxygen atoms in total. The van der Waals surface area contributed by atoms with Gasteiger partial charge in [-0.2, -0.15) is 0 Å². The molecule has 0 aliphatic heterocycles. The summed E-state index contributed by atoms with van der Waals surface area (Å²) in [6, 6.07) is -0.647. The highest BCUT2D eigenvalue weighted by molar-refractivity contribution is 5.76. The molecule has 0 spiro atoms. The van der Waals surface area contributed by atoms with E-state index < -0.39 is 12.1 Å². The Bertz CT molecular complexity index is 962. The number of hydrogen-bond acceptors (Lipinski definition) is 5. The van der Waals surface area contributed by atoms with Gasteiger partial charge in [0.05, 0.1) is 25.4 Å². The van der Waals surface area contributed by atoms with Crippen molar-refractivity contribution in [1.29, 1.82) is 0 Å². The van der Waals surface area contributed by atoms with Gasteiger partial charge in [-0.15, -0.1) is 0 Å². The predicted molar refractivity (Wildman–Crippen MR) is 255 cm³/mol. The molecule has 1 amide bonds. The van der Waals surface area contributed by atoms with Crippen molar-refractivity contribution in [3.8, 4) is 0 Å². The summed E-state index contributed by atoms with van der Waals surface area (Å²) in [7, 11) is 0. The molecular formula is C53H99NO5. The van der Waals surface area contributed by atoms with E-state index in [0.717, 1.165) is 70.6 Å². The lowest BCUT2D eigenvalue weighted by Gasteiger charge is -2.19. The first-order valence-electron chi connectivity index (χ1n) is 25.8. The first-order chi connectivity index (χ1) is 29.0. The van der Waals surface area contributed by atoms with Crippen LogP contribution in [-0.4, -0.2) is 47.4 Å². The van der Waals surface area contributed by atoms with Crippen LogP contribution in [-0.2, 0) is 14.3 Å². The van der Waals surface area contributed by atoms with Crippen LogP contribution in [0.2, 0.25) is 0 Å². The summed E-state index contributed by atoms with van der Waals surface area (Å²) in [6.07, 6.45) is 58.6. The number of carbonyl (C=O) groups is 2. The Morgan fingerprint density at radius 2 is 0.797 bits per heavy atom. The number of allylic oxidation sites excluding steroid dienone is 5. The summed E-state index contributed by atoms with van der Waals surface area (Å²) in [5.41, 5.74) is 0. The van der Waals surface area contributed by atoms with Crippen LogP contribution in [0, 0.1) is 0 Å². The highest BCUT2D eigenvalue weighted by atomic mass is 16.5. The van der Waals surface area contributed by atoms with Gasteiger partial charge in [0.1, 0.15) is 0 Å². The summed E-state index contributed by atoms with van der Waals surface area (Å²) in [5.74, 6) is -0.118. The third-order valence-electron chi connectivity index (χ3n) is 11.6. The fourth-order valence-corrected chi connectivity index (χ4v) is 7.62. The maximum Gasteiger partial charge on any atom is 0.305 e. The molecule has 0 saturated carbocycles. The second kappa shape index (κ2) is 48.7. The molecule has 0 aromatic carbocycles. The summed E-state index contributed by atoms with van der Waals surface area (Å²) in [4.78, 5) is 24.4. The van der Waals surface area contributed by atoms with Crippen molar-refractivity contribution in [2.45, 2.75) is 276 Å². The molecule has 0 rings (SSSR count). The van der Waals surface area contributed by atoms with Crippen LogP contribution in [0.5, 0.6) is 0 Å². The maximum atomic E-state index is 12.4. The minimum atomic E-state index is -0.860. The van der Waals surface area contributed by atoms with Gasteiger partial charge >= 0.3 is 5.97 Å². The van der Waals surface area contributed by atoms with E-state index in [1.807, 2.05) is 6.08 Å². The van der Waals surface area contributed by atoms with Crippen LogP contribution >= 0.6 is 0 Å². The average molecular weight is 830 g/mol. The molecule has 0 aliphatic rings. The van der Waals surface area contributed by atoms with Crippen LogP contribution in [0.25, 0.3) is 0 Å². The number of aliphatic hydroxyl groups is 2. The van der Waals surface area contributed by atoms with Crippen molar-refractivity contribution in [2.75, 3.05) is 13.2 Å². The number of rotatable bonds is 47. The van der Waals surface area contributed by atoms with Crippen molar-refractivity contribution in [2.24, 2.45) is 0 Å². The largest absolute Gasteiger partial charge is 0.466 e. The molecule has 0 aromatic heterocycles. The lowest BCUT2D eigenvalue weighted by molar-refractivity contribution is -0.143. The molecule has 0 aliphatic carbocycles. The zero-order chi connectivity index (χ0) is 43.0. The van der Waals surface area contributed by atoms with Gasteiger partial charge in [0.25, 0.3) is 0 Å². The highest BCUT2D eigenvalue weighted by Gasteiger charge is 2.18.